The number of nitrogens with zero attached hydrogens (tertiary/aromatic N) is 2. The summed E-state index contributed by atoms with van der Waals surface area (Å²) in [4.78, 5) is 16.9. The highest BCUT2D eigenvalue weighted by molar-refractivity contribution is 5.75. The normalized spacial score (nSPS) is 21.6. The first-order chi connectivity index (χ1) is 17.3. The van der Waals surface area contributed by atoms with Gasteiger partial charge in [-0.2, -0.15) is 0 Å². The highest BCUT2D eigenvalue weighted by atomic mass is 15.1. The van der Waals surface area contributed by atoms with Crippen molar-refractivity contribution in [3.8, 4) is 33.6 Å². The Morgan fingerprint density at radius 2 is 1.46 bits per heavy atom. The molecule has 35 heavy (non-hydrogen) atoms. The van der Waals surface area contributed by atoms with Crippen LogP contribution < -0.4 is 10.6 Å². The Morgan fingerprint density at radius 1 is 0.714 bits per heavy atom. The van der Waals surface area contributed by atoms with E-state index in [1.165, 1.54) is 52.8 Å². The average molecular weight is 465 g/mol. The molecular weight excluding hydrogens is 432 g/mol. The molecule has 1 aliphatic carbocycles. The molecule has 178 valence electrons. The van der Waals surface area contributed by atoms with Crippen LogP contribution in [0.1, 0.15) is 67.1 Å². The number of hydrogen-bond donors (Lipinski definition) is 4. The summed E-state index contributed by atoms with van der Waals surface area (Å²) in [5, 5.41) is 7.10. The van der Waals surface area contributed by atoms with Crippen molar-refractivity contribution in [2.24, 2.45) is 0 Å². The zero-order chi connectivity index (χ0) is 23.2. The van der Waals surface area contributed by atoms with Gasteiger partial charge in [0.2, 0.25) is 0 Å². The molecule has 0 saturated carbocycles. The summed E-state index contributed by atoms with van der Waals surface area (Å²) < 4.78 is 0. The summed E-state index contributed by atoms with van der Waals surface area (Å²) in [6.45, 7) is 2.17. The molecule has 2 aliphatic heterocycles. The lowest BCUT2D eigenvalue weighted by molar-refractivity contribution is 0.610. The molecule has 4 heterocycles. The molecular formula is C29H32N6. The van der Waals surface area contributed by atoms with Gasteiger partial charge in [-0.05, 0) is 80.3 Å². The first-order valence-electron chi connectivity index (χ1n) is 13.2. The second-order valence-corrected chi connectivity index (χ2v) is 10.2. The van der Waals surface area contributed by atoms with Gasteiger partial charge in [-0.25, -0.2) is 9.97 Å². The van der Waals surface area contributed by atoms with E-state index in [0.717, 1.165) is 61.8 Å². The highest BCUT2D eigenvalue weighted by Crippen LogP contribution is 2.36. The molecule has 0 radical (unpaired) electrons. The van der Waals surface area contributed by atoms with Gasteiger partial charge in [0.1, 0.15) is 11.6 Å². The molecule has 2 aromatic heterocycles. The second-order valence-electron chi connectivity index (χ2n) is 10.2. The van der Waals surface area contributed by atoms with Crippen molar-refractivity contribution >= 4 is 0 Å². The van der Waals surface area contributed by atoms with Crippen LogP contribution >= 0.6 is 0 Å². The first kappa shape index (κ1) is 21.1. The summed E-state index contributed by atoms with van der Waals surface area (Å²) in [5.41, 5.74) is 9.94. The Hall–Kier alpha value is -3.22. The number of imidazole rings is 2. The fraction of sp³-hybridized carbons (Fsp3) is 0.379. The highest BCUT2D eigenvalue weighted by Gasteiger charge is 2.25. The second kappa shape index (κ2) is 8.77. The fourth-order valence-electron chi connectivity index (χ4n) is 6.00. The summed E-state index contributed by atoms with van der Waals surface area (Å²) in [5.74, 6) is 2.17. The molecule has 0 spiro atoms. The van der Waals surface area contributed by atoms with Crippen molar-refractivity contribution in [2.45, 2.75) is 57.0 Å². The van der Waals surface area contributed by atoms with Gasteiger partial charge in [0, 0.05) is 11.3 Å². The number of fused-ring (bicyclic) bond motifs is 3. The minimum Gasteiger partial charge on any atom is -0.344 e. The quantitative estimate of drug-likeness (QED) is 0.323. The lowest BCUT2D eigenvalue weighted by Gasteiger charge is -2.10. The van der Waals surface area contributed by atoms with Gasteiger partial charge in [0.05, 0.1) is 29.7 Å². The lowest BCUT2D eigenvalue weighted by Crippen LogP contribution is -2.14. The third-order valence-electron chi connectivity index (χ3n) is 7.94. The monoisotopic (exact) mass is 464 g/mol. The Labute approximate surface area is 206 Å². The first-order valence-corrected chi connectivity index (χ1v) is 13.2. The summed E-state index contributed by atoms with van der Waals surface area (Å²) in [6.07, 6.45) is 10.0. The minimum atomic E-state index is 0.364. The van der Waals surface area contributed by atoms with Crippen LogP contribution in [0.2, 0.25) is 0 Å². The Balaban J connectivity index is 1.15. The van der Waals surface area contributed by atoms with Gasteiger partial charge >= 0.3 is 0 Å². The molecule has 0 bridgehead atoms. The summed E-state index contributed by atoms with van der Waals surface area (Å²) in [7, 11) is 0. The van der Waals surface area contributed by atoms with Crippen LogP contribution in [0.15, 0.2) is 48.7 Å². The minimum absolute atomic E-state index is 0.364. The van der Waals surface area contributed by atoms with E-state index in [4.69, 9.17) is 4.98 Å². The van der Waals surface area contributed by atoms with E-state index in [-0.39, 0.29) is 0 Å². The van der Waals surface area contributed by atoms with E-state index >= 15 is 0 Å². The number of benzene rings is 2. The zero-order valence-corrected chi connectivity index (χ0v) is 20.0. The van der Waals surface area contributed by atoms with Gasteiger partial charge in [0.25, 0.3) is 0 Å². The SMILES string of the molecule is c1cc(-c2cnc([C@@H]3CCCN3)[nH]2)ccc1-c1ccc2c(c1)CCCc1[nH]c([C@@H]3CCCN3)nc1-2. The predicted octanol–water partition coefficient (Wildman–Crippen LogP) is 5.47. The lowest BCUT2D eigenvalue weighted by atomic mass is 9.95. The maximum atomic E-state index is 5.08. The average Bonchev–Trinajstić information content (AvgIpc) is 3.70. The van der Waals surface area contributed by atoms with E-state index < -0.39 is 0 Å². The number of rotatable bonds is 4. The fourth-order valence-corrected chi connectivity index (χ4v) is 6.00. The zero-order valence-electron chi connectivity index (χ0n) is 20.0. The molecule has 6 nitrogen and oxygen atoms in total. The molecule has 0 amide bonds. The van der Waals surface area contributed by atoms with Gasteiger partial charge in [0.15, 0.2) is 0 Å². The van der Waals surface area contributed by atoms with Crippen LogP contribution in [0.25, 0.3) is 33.6 Å². The molecule has 4 aromatic rings. The van der Waals surface area contributed by atoms with Gasteiger partial charge < -0.3 is 20.6 Å². The van der Waals surface area contributed by atoms with Crippen LogP contribution in [-0.4, -0.2) is 33.0 Å². The number of H-pyrrole nitrogens is 2. The van der Waals surface area contributed by atoms with E-state index in [2.05, 4.69) is 68.1 Å². The van der Waals surface area contributed by atoms with Crippen molar-refractivity contribution in [3.63, 3.8) is 0 Å². The smallest absolute Gasteiger partial charge is 0.124 e. The van der Waals surface area contributed by atoms with E-state index in [9.17, 15) is 0 Å². The van der Waals surface area contributed by atoms with E-state index in [0.29, 0.717) is 12.1 Å². The van der Waals surface area contributed by atoms with Gasteiger partial charge in [-0.1, -0.05) is 42.5 Å². The largest absolute Gasteiger partial charge is 0.344 e. The maximum Gasteiger partial charge on any atom is 0.124 e. The van der Waals surface area contributed by atoms with Crippen LogP contribution in [0, 0.1) is 0 Å². The van der Waals surface area contributed by atoms with Crippen LogP contribution in [-0.2, 0) is 12.8 Å². The van der Waals surface area contributed by atoms with Crippen molar-refractivity contribution < 1.29 is 0 Å². The molecule has 2 atom stereocenters. The summed E-state index contributed by atoms with van der Waals surface area (Å²) >= 11 is 0. The number of aromatic nitrogens is 4. The predicted molar refractivity (Wildman–Crippen MR) is 139 cm³/mol. The van der Waals surface area contributed by atoms with Crippen molar-refractivity contribution in [2.75, 3.05) is 13.1 Å². The van der Waals surface area contributed by atoms with Crippen molar-refractivity contribution in [1.29, 1.82) is 0 Å². The number of aryl methyl sites for hydroxylation is 2. The molecule has 2 saturated heterocycles. The van der Waals surface area contributed by atoms with Crippen LogP contribution in [0.3, 0.4) is 0 Å². The Morgan fingerprint density at radius 3 is 2.23 bits per heavy atom. The Kier molecular flexibility index (Phi) is 5.29. The Bertz CT molecular complexity index is 1340. The van der Waals surface area contributed by atoms with Gasteiger partial charge in [-0.15, -0.1) is 0 Å². The number of aromatic amines is 2. The molecule has 2 aromatic carbocycles. The van der Waals surface area contributed by atoms with E-state index in [1.54, 1.807) is 0 Å². The molecule has 6 heteroatoms. The van der Waals surface area contributed by atoms with Crippen LogP contribution in [0.4, 0.5) is 0 Å². The standard InChI is InChI=1S/C29H32N6/c1-4-21-16-20(12-13-22(21)27-23(5-1)33-29(35-27)25-7-3-15-31-25)18-8-10-19(11-9-18)26-17-32-28(34-26)24-6-2-14-30-24/h8-13,16-17,24-25,30-31H,1-7,14-15H2,(H,32,34)(H,33,35)/t24-,25-/m0/s1. The number of hydrogen-bond acceptors (Lipinski definition) is 4. The van der Waals surface area contributed by atoms with E-state index in [1.807, 2.05) is 6.20 Å². The third kappa shape index (κ3) is 3.91. The third-order valence-corrected chi connectivity index (χ3v) is 7.94. The van der Waals surface area contributed by atoms with Crippen molar-refractivity contribution in [3.05, 3.63) is 71.6 Å². The maximum absolute atomic E-state index is 5.08. The summed E-state index contributed by atoms with van der Waals surface area (Å²) in [6, 6.07) is 16.5. The topological polar surface area (TPSA) is 81.4 Å². The van der Waals surface area contributed by atoms with Crippen molar-refractivity contribution in [1.82, 2.24) is 30.6 Å². The van der Waals surface area contributed by atoms with Crippen LogP contribution in [0.5, 0.6) is 0 Å². The number of nitrogens with one attached hydrogen (secondary N) is 4. The molecule has 0 unspecified atom stereocenters. The molecule has 7 rings (SSSR count). The molecule has 2 fully saturated rings. The molecule has 4 N–H and O–H groups in total. The molecule has 3 aliphatic rings. The van der Waals surface area contributed by atoms with Gasteiger partial charge in [-0.3, -0.25) is 0 Å².